The summed E-state index contributed by atoms with van der Waals surface area (Å²) in [6.45, 7) is 5.46. The summed E-state index contributed by atoms with van der Waals surface area (Å²) in [7, 11) is -1.42. The van der Waals surface area contributed by atoms with Crippen LogP contribution in [-0.4, -0.2) is 44.4 Å². The van der Waals surface area contributed by atoms with Gasteiger partial charge in [0.25, 0.3) is 0 Å². The van der Waals surface area contributed by atoms with Gasteiger partial charge >= 0.3 is 0 Å². The van der Waals surface area contributed by atoms with E-state index in [-0.39, 0.29) is 42.4 Å². The quantitative estimate of drug-likeness (QED) is 0.662. The third kappa shape index (κ3) is 4.89. The molecule has 2 aliphatic rings. The molecule has 1 unspecified atom stereocenters. The highest BCUT2D eigenvalue weighted by molar-refractivity contribution is 7.84. The summed E-state index contributed by atoms with van der Waals surface area (Å²) < 4.78 is 56.8. The van der Waals surface area contributed by atoms with Crippen LogP contribution in [-0.2, 0) is 22.2 Å². The highest BCUT2D eigenvalue weighted by atomic mass is 32.2. The molecule has 1 aromatic rings. The second-order valence-corrected chi connectivity index (χ2v) is 11.3. The molecule has 1 aromatic carbocycles. The van der Waals surface area contributed by atoms with Crippen molar-refractivity contribution >= 4 is 16.9 Å². The number of amides is 1. The molecule has 1 amide bonds. The van der Waals surface area contributed by atoms with E-state index in [4.69, 9.17) is 5.73 Å². The maximum absolute atomic E-state index is 14.3. The topological polar surface area (TPSA) is 75.4 Å². The number of nitrogens with one attached hydrogen (secondary N) is 1. The molecule has 2 bridgehead atoms. The van der Waals surface area contributed by atoms with E-state index in [0.29, 0.717) is 18.9 Å². The number of carbonyl (C=O) groups excluding carboxylic acids is 1. The number of rotatable bonds is 6. The maximum atomic E-state index is 14.3. The minimum Gasteiger partial charge on any atom is -0.336 e. The van der Waals surface area contributed by atoms with Crippen molar-refractivity contribution in [1.29, 1.82) is 0 Å². The van der Waals surface area contributed by atoms with Crippen LogP contribution in [0.3, 0.4) is 0 Å². The second kappa shape index (κ2) is 8.96. The lowest BCUT2D eigenvalue weighted by molar-refractivity contribution is -0.135. The summed E-state index contributed by atoms with van der Waals surface area (Å²) in [5, 5.41) is 0. The number of fused-ring (bicyclic) bond motifs is 2. The van der Waals surface area contributed by atoms with Gasteiger partial charge in [-0.2, -0.15) is 0 Å². The number of benzene rings is 1. The Hall–Kier alpha value is -1.45. The third-order valence-corrected chi connectivity index (χ3v) is 7.77. The monoisotopic (exact) mass is 445 g/mol. The molecule has 168 valence electrons. The number of nitrogens with zero attached hydrogens (tertiary/aromatic N) is 1. The van der Waals surface area contributed by atoms with Gasteiger partial charge in [-0.1, -0.05) is 0 Å². The third-order valence-electron chi connectivity index (χ3n) is 6.14. The van der Waals surface area contributed by atoms with Gasteiger partial charge in [-0.15, -0.1) is 0 Å². The number of hydrogen-bond acceptors (Lipinski definition) is 3. The molecular weight excluding hydrogens is 415 g/mol. The molecule has 5 atom stereocenters. The van der Waals surface area contributed by atoms with E-state index in [1.165, 1.54) is 0 Å². The zero-order chi connectivity index (χ0) is 22.2. The largest absolute Gasteiger partial charge is 0.336 e. The van der Waals surface area contributed by atoms with Gasteiger partial charge in [-0.25, -0.2) is 22.1 Å². The molecule has 0 radical (unpaired) electrons. The van der Waals surface area contributed by atoms with E-state index in [1.807, 2.05) is 25.7 Å². The average Bonchev–Trinajstić information content (AvgIpc) is 2.93. The van der Waals surface area contributed by atoms with Crippen molar-refractivity contribution < 1.29 is 22.2 Å². The highest BCUT2D eigenvalue weighted by Crippen LogP contribution is 2.40. The number of piperidine rings is 1. The lowest BCUT2D eigenvalue weighted by atomic mass is 9.82. The Morgan fingerprint density at radius 1 is 1.17 bits per heavy atom. The molecule has 0 aromatic heterocycles. The summed E-state index contributed by atoms with van der Waals surface area (Å²) in [4.78, 5) is 14.1. The lowest BCUT2D eigenvalue weighted by Gasteiger charge is -2.42. The van der Waals surface area contributed by atoms with Crippen molar-refractivity contribution in [2.24, 2.45) is 11.7 Å². The Morgan fingerprint density at radius 3 is 2.27 bits per heavy atom. The number of halogens is 3. The maximum Gasteiger partial charge on any atom is 0.236 e. The standard InChI is InChI=1S/C21H30F3N3O2S/c1-21(2,3)30(29)26-19(9-12-8-17(23)18(24)10-16(12)22)13-6-14-4-5-15(7-13)27(14)20(28)11-25/h8,10,13-15,19,26H,4-7,9,11,25H2,1-3H3/t13?,14-,15+,19-,30+/m1/s1. The van der Waals surface area contributed by atoms with Crippen LogP contribution in [0.5, 0.6) is 0 Å². The Bertz CT molecular complexity index is 816. The summed E-state index contributed by atoms with van der Waals surface area (Å²) in [5.74, 6) is -3.21. The predicted octanol–water partition coefficient (Wildman–Crippen LogP) is 2.80. The molecule has 0 saturated carbocycles. The van der Waals surface area contributed by atoms with E-state index in [9.17, 15) is 22.2 Å². The van der Waals surface area contributed by atoms with E-state index in [2.05, 4.69) is 4.72 Å². The average molecular weight is 446 g/mol. The molecule has 0 spiro atoms. The number of carbonyl (C=O) groups is 1. The van der Waals surface area contributed by atoms with Crippen LogP contribution in [0.25, 0.3) is 0 Å². The first-order chi connectivity index (χ1) is 14.0. The van der Waals surface area contributed by atoms with Crippen LogP contribution >= 0.6 is 0 Å². The van der Waals surface area contributed by atoms with Crippen LogP contribution in [0.2, 0.25) is 0 Å². The van der Waals surface area contributed by atoms with E-state index in [1.54, 1.807) is 0 Å². The molecule has 2 fully saturated rings. The SMILES string of the molecule is CC(C)(C)[S@](=O)N[C@H](Cc1cc(F)c(F)cc1F)C1C[C@H]2CC[C@@H](C1)N2C(=O)CN. The zero-order valence-electron chi connectivity index (χ0n) is 17.6. The molecule has 3 rings (SSSR count). The summed E-state index contributed by atoms with van der Waals surface area (Å²) in [6.07, 6.45) is 3.18. The van der Waals surface area contributed by atoms with Gasteiger partial charge in [0.1, 0.15) is 5.82 Å². The van der Waals surface area contributed by atoms with Crippen molar-refractivity contribution in [3.05, 3.63) is 35.1 Å². The minimum absolute atomic E-state index is 0.0168. The summed E-state index contributed by atoms with van der Waals surface area (Å²) in [5.41, 5.74) is 5.60. The molecule has 30 heavy (non-hydrogen) atoms. The minimum atomic E-state index is -1.42. The van der Waals surface area contributed by atoms with Crippen molar-refractivity contribution in [2.75, 3.05) is 6.54 Å². The smallest absolute Gasteiger partial charge is 0.236 e. The van der Waals surface area contributed by atoms with Crippen molar-refractivity contribution in [3.8, 4) is 0 Å². The number of nitrogens with two attached hydrogens (primary N) is 1. The van der Waals surface area contributed by atoms with Crippen LogP contribution in [0.15, 0.2) is 12.1 Å². The second-order valence-electron chi connectivity index (χ2n) is 9.29. The van der Waals surface area contributed by atoms with Crippen LogP contribution in [0, 0.1) is 23.4 Å². The first-order valence-electron chi connectivity index (χ1n) is 10.3. The summed E-state index contributed by atoms with van der Waals surface area (Å²) in [6, 6.07) is 1.12. The van der Waals surface area contributed by atoms with Gasteiger partial charge in [-0.3, -0.25) is 4.79 Å². The van der Waals surface area contributed by atoms with Gasteiger partial charge in [0.05, 0.1) is 22.3 Å². The molecule has 2 aliphatic heterocycles. The Morgan fingerprint density at radius 2 is 1.73 bits per heavy atom. The Kier molecular flexibility index (Phi) is 6.94. The van der Waals surface area contributed by atoms with Gasteiger partial charge in [0, 0.05) is 24.2 Å². The van der Waals surface area contributed by atoms with Gasteiger partial charge in [0.2, 0.25) is 5.91 Å². The fraction of sp³-hybridized carbons (Fsp3) is 0.667. The molecule has 3 N–H and O–H groups in total. The normalized spacial score (nSPS) is 26.0. The lowest BCUT2D eigenvalue weighted by Crippen LogP contribution is -2.53. The molecule has 2 heterocycles. The first kappa shape index (κ1) is 23.2. The van der Waals surface area contributed by atoms with Gasteiger partial charge < -0.3 is 10.6 Å². The van der Waals surface area contributed by atoms with Gasteiger partial charge in [-0.05, 0) is 70.4 Å². The molecule has 0 aliphatic carbocycles. The van der Waals surface area contributed by atoms with Crippen LogP contribution in [0.1, 0.15) is 52.0 Å². The Balaban J connectivity index is 1.85. The molecule has 5 nitrogen and oxygen atoms in total. The fourth-order valence-electron chi connectivity index (χ4n) is 4.64. The predicted molar refractivity (Wildman–Crippen MR) is 110 cm³/mol. The summed E-state index contributed by atoms with van der Waals surface area (Å²) >= 11 is 0. The van der Waals surface area contributed by atoms with E-state index < -0.39 is 39.2 Å². The number of hydrogen-bond donors (Lipinski definition) is 2. The zero-order valence-corrected chi connectivity index (χ0v) is 18.4. The van der Waals surface area contributed by atoms with Gasteiger partial charge in [0.15, 0.2) is 11.6 Å². The molecule has 2 saturated heterocycles. The van der Waals surface area contributed by atoms with Crippen molar-refractivity contribution in [3.63, 3.8) is 0 Å². The van der Waals surface area contributed by atoms with Crippen molar-refractivity contribution in [1.82, 2.24) is 9.62 Å². The van der Waals surface area contributed by atoms with Crippen LogP contribution < -0.4 is 10.5 Å². The molecule has 9 heteroatoms. The molecular formula is C21H30F3N3O2S. The first-order valence-corrected chi connectivity index (χ1v) is 11.5. The van der Waals surface area contributed by atoms with Crippen LogP contribution in [0.4, 0.5) is 13.2 Å². The van der Waals surface area contributed by atoms with E-state index >= 15 is 0 Å². The highest BCUT2D eigenvalue weighted by Gasteiger charge is 2.45. The van der Waals surface area contributed by atoms with Crippen molar-refractivity contribution in [2.45, 2.75) is 75.7 Å². The fourth-order valence-corrected chi connectivity index (χ4v) is 5.54. The Labute approximate surface area is 178 Å². The van der Waals surface area contributed by atoms with E-state index in [0.717, 1.165) is 18.9 Å².